The average Bonchev–Trinajstić information content (AvgIpc) is 2.56. The number of esters is 1. The molecule has 3 N–H and O–H groups in total. The molecular formula is C15H18Br2N4O3. The number of nitrogens with one attached hydrogen (secondary N) is 1. The monoisotopic (exact) mass is 463 g/mol. The number of anilines is 2. The highest BCUT2D eigenvalue weighted by atomic mass is 79.9. The van der Waals surface area contributed by atoms with Gasteiger partial charge in [0.1, 0.15) is 21.5 Å². The number of carbonyl (C=O) groups excluding carboxylic acids is 1. The van der Waals surface area contributed by atoms with Crippen molar-refractivity contribution < 1.29 is 18.4 Å². The van der Waals surface area contributed by atoms with Crippen molar-refractivity contribution in [2.45, 2.75) is 6.92 Å². The lowest BCUT2D eigenvalue weighted by molar-refractivity contribution is -0.140. The lowest BCUT2D eigenvalue weighted by Gasteiger charge is -2.06. The predicted molar refractivity (Wildman–Crippen MR) is 100.0 cm³/mol. The molecule has 24 heavy (non-hydrogen) atoms. The normalized spacial score (nSPS) is 11.9. The van der Waals surface area contributed by atoms with Crippen LogP contribution in [-0.2, 0) is 9.53 Å². The molecule has 130 valence electrons. The van der Waals surface area contributed by atoms with E-state index in [1.165, 1.54) is 18.3 Å². The Labute approximate surface area is 161 Å². The van der Waals surface area contributed by atoms with E-state index in [1.807, 2.05) is 0 Å². The van der Waals surface area contributed by atoms with E-state index in [9.17, 15) is 4.79 Å². The van der Waals surface area contributed by atoms with Crippen molar-refractivity contribution in [3.63, 3.8) is 0 Å². The van der Waals surface area contributed by atoms with E-state index >= 15 is 0 Å². The molecule has 0 saturated carbocycles. The molecule has 2 aromatic rings. The van der Waals surface area contributed by atoms with Crippen molar-refractivity contribution >= 4 is 49.3 Å². The molecule has 0 aliphatic rings. The van der Waals surface area contributed by atoms with Crippen LogP contribution in [0.1, 0.15) is 11.0 Å². The maximum absolute atomic E-state index is 11.0. The number of carbonyl (C=O) groups is 1. The highest BCUT2D eigenvalue weighted by molar-refractivity contribution is 9.11. The fourth-order valence-electron chi connectivity index (χ4n) is 1.37. The molecule has 0 saturated heterocycles. The van der Waals surface area contributed by atoms with E-state index in [4.69, 9.17) is 14.6 Å². The van der Waals surface area contributed by atoms with Gasteiger partial charge in [-0.1, -0.05) is 0 Å². The molecule has 2 rings (SSSR count). The van der Waals surface area contributed by atoms with Crippen LogP contribution in [0.3, 0.4) is 0 Å². The summed E-state index contributed by atoms with van der Waals surface area (Å²) in [7, 11) is -2.39. The summed E-state index contributed by atoms with van der Waals surface area (Å²) in [5, 5.41) is 2.81. The summed E-state index contributed by atoms with van der Waals surface area (Å²) in [6.07, 6.45) is 1.54. The van der Waals surface area contributed by atoms with Crippen LogP contribution in [0, 0.1) is 0 Å². The number of hydrogen-bond donors (Lipinski definition) is 2. The van der Waals surface area contributed by atoms with Crippen LogP contribution in [0.2, 0.25) is 0 Å². The Morgan fingerprint density at radius 3 is 2.67 bits per heavy atom. The highest BCUT2D eigenvalue weighted by Crippen LogP contribution is 2.18. The Kier molecular flexibility index (Phi) is 7.05. The van der Waals surface area contributed by atoms with E-state index in [1.54, 1.807) is 19.1 Å². The van der Waals surface area contributed by atoms with Gasteiger partial charge >= 0.3 is 5.97 Å². The Hall–Kier alpha value is -1.87. The van der Waals surface area contributed by atoms with Crippen LogP contribution in [0.25, 0.3) is 0 Å². The third kappa shape index (κ3) is 7.60. The molecule has 0 atom stereocenters. The first-order chi connectivity index (χ1) is 12.6. The smallest absolute Gasteiger partial charge is 0.325 e. The Morgan fingerprint density at radius 1 is 1.38 bits per heavy atom. The number of nitrogens with zero attached hydrogens (tertiary/aromatic N) is 2. The van der Waals surface area contributed by atoms with Crippen molar-refractivity contribution in [3.05, 3.63) is 39.7 Å². The van der Waals surface area contributed by atoms with E-state index in [-0.39, 0.29) is 12.5 Å². The lowest BCUT2D eigenvalue weighted by atomic mass is 10.3. The van der Waals surface area contributed by atoms with Gasteiger partial charge < -0.3 is 20.5 Å². The zero-order valence-electron chi connectivity index (χ0n) is 15.8. The maximum Gasteiger partial charge on any atom is 0.325 e. The molecular weight excluding hydrogens is 444 g/mol. The predicted octanol–water partition coefficient (Wildman–Crippen LogP) is 3.25. The lowest BCUT2D eigenvalue weighted by Crippen LogP contribution is -2.17. The van der Waals surface area contributed by atoms with Crippen LogP contribution in [0.4, 0.5) is 11.5 Å². The van der Waals surface area contributed by atoms with Gasteiger partial charge in [0.25, 0.3) is 0 Å². The van der Waals surface area contributed by atoms with E-state index < -0.39 is 7.04 Å². The second-order valence-corrected chi connectivity index (χ2v) is 5.73. The summed E-state index contributed by atoms with van der Waals surface area (Å²) in [6.45, 7) is 2.20. The number of nitrogens with two attached hydrogens (primary N) is 1. The first-order valence-corrected chi connectivity index (χ1v) is 8.31. The number of nitrogen functional groups attached to an aromatic ring is 1. The second-order valence-electron chi connectivity index (χ2n) is 4.16. The molecule has 0 aliphatic heterocycles. The van der Waals surface area contributed by atoms with Crippen molar-refractivity contribution in [2.75, 3.05) is 31.2 Å². The van der Waals surface area contributed by atoms with Gasteiger partial charge in [-0.15, -0.1) is 0 Å². The van der Waals surface area contributed by atoms with Gasteiger partial charge in [-0.2, -0.15) is 0 Å². The molecule has 0 spiro atoms. The molecule has 0 unspecified atom stereocenters. The number of ether oxygens (including phenoxy) is 2. The van der Waals surface area contributed by atoms with Crippen molar-refractivity contribution in [1.29, 1.82) is 0 Å². The number of hydrogen-bond acceptors (Lipinski definition) is 7. The molecule has 1 aromatic carbocycles. The third-order valence-electron chi connectivity index (χ3n) is 2.40. The molecule has 0 aliphatic carbocycles. The largest absolute Gasteiger partial charge is 0.497 e. The van der Waals surface area contributed by atoms with E-state index in [0.29, 0.717) is 33.1 Å². The van der Waals surface area contributed by atoms with Gasteiger partial charge in [-0.05, 0) is 63.0 Å². The Balaban J connectivity index is 0.000000277. The van der Waals surface area contributed by atoms with Gasteiger partial charge in [-0.3, -0.25) is 4.79 Å². The zero-order chi connectivity index (χ0) is 20.4. The Morgan fingerprint density at radius 2 is 2.08 bits per heavy atom. The van der Waals surface area contributed by atoms with Gasteiger partial charge in [-0.25, -0.2) is 9.97 Å². The minimum Gasteiger partial charge on any atom is -0.497 e. The van der Waals surface area contributed by atoms with Gasteiger partial charge in [0.05, 0.1) is 24.0 Å². The topological polar surface area (TPSA) is 99.4 Å². The van der Waals surface area contributed by atoms with Crippen LogP contribution >= 0.6 is 31.9 Å². The van der Waals surface area contributed by atoms with Crippen LogP contribution in [-0.4, -0.2) is 36.1 Å². The first kappa shape index (κ1) is 15.6. The average molecular weight is 465 g/mol. The van der Waals surface area contributed by atoms with Crippen LogP contribution in [0.15, 0.2) is 39.7 Å². The van der Waals surface area contributed by atoms with Crippen LogP contribution in [0.5, 0.6) is 5.75 Å². The summed E-state index contributed by atoms with van der Waals surface area (Å²) < 4.78 is 30.9. The maximum atomic E-state index is 11.0. The molecule has 1 aromatic heterocycles. The summed E-state index contributed by atoms with van der Waals surface area (Å²) in [5.41, 5.74) is 5.97. The molecule has 7 nitrogen and oxygen atoms in total. The van der Waals surface area contributed by atoms with Gasteiger partial charge in [0, 0.05) is 5.69 Å². The highest BCUT2D eigenvalue weighted by Gasteiger charge is 2.06. The Bertz CT molecular complexity index is 746. The van der Waals surface area contributed by atoms with Gasteiger partial charge in [0.2, 0.25) is 0 Å². The van der Waals surface area contributed by atoms with E-state index in [0.717, 1.165) is 0 Å². The van der Waals surface area contributed by atoms with Crippen molar-refractivity contribution in [3.8, 4) is 5.75 Å². The quantitative estimate of drug-likeness (QED) is 0.517. The third-order valence-corrected chi connectivity index (χ3v) is 3.34. The molecule has 9 heteroatoms. The summed E-state index contributed by atoms with van der Waals surface area (Å²) in [5.74, 6) is 0.476. The number of rotatable bonds is 5. The van der Waals surface area contributed by atoms with Crippen molar-refractivity contribution in [1.82, 2.24) is 9.97 Å². The number of halogens is 2. The summed E-state index contributed by atoms with van der Waals surface area (Å²) in [6, 6.07) is 6.20. The summed E-state index contributed by atoms with van der Waals surface area (Å²) >= 11 is 6.40. The molecule has 0 bridgehead atoms. The number of methoxy groups -OCH3 is 1. The standard InChI is InChI=1S/C8H9Br2N3O2.C7H9NO/c1-2-15-6(14)4-12-8-7(10)13-5(9)3-11-8;1-9-7-4-2-6(8)3-5-7/h3H,2,4H2,1H3,(H,11,12);2-5H,8H2,1H3/i;1D3. The first-order valence-electron chi connectivity index (χ1n) is 8.23. The van der Waals surface area contributed by atoms with Crippen molar-refractivity contribution in [2.24, 2.45) is 0 Å². The molecule has 0 amide bonds. The molecule has 0 radical (unpaired) electrons. The van der Waals surface area contributed by atoms with Crippen LogP contribution < -0.4 is 15.8 Å². The van der Waals surface area contributed by atoms with E-state index in [2.05, 4.69) is 51.9 Å². The minimum absolute atomic E-state index is 0.0722. The summed E-state index contributed by atoms with van der Waals surface area (Å²) in [4.78, 5) is 19.1. The zero-order valence-corrected chi connectivity index (χ0v) is 15.9. The molecule has 0 fully saturated rings. The SMILES string of the molecule is CCOC(=O)CNc1ncc(Br)nc1Br.[2H]C([2H])([2H])Oc1ccc(N)cc1. The minimum atomic E-state index is -2.39. The number of benzene rings is 1. The second kappa shape index (κ2) is 10.8. The fourth-order valence-corrected chi connectivity index (χ4v) is 2.32. The number of aromatic nitrogens is 2. The fraction of sp³-hybridized carbons (Fsp3) is 0.267. The van der Waals surface area contributed by atoms with Gasteiger partial charge in [0.15, 0.2) is 5.82 Å². The molecule has 1 heterocycles.